The van der Waals surface area contributed by atoms with Crippen molar-refractivity contribution >= 4 is 11.5 Å². The maximum absolute atomic E-state index is 14.5. The van der Waals surface area contributed by atoms with Gasteiger partial charge in [0.2, 0.25) is 0 Å². The van der Waals surface area contributed by atoms with Gasteiger partial charge in [-0.15, -0.1) is 0 Å². The van der Waals surface area contributed by atoms with Crippen LogP contribution < -0.4 is 21.1 Å². The average Bonchev–Trinajstić information content (AvgIpc) is 2.93. The number of nitrogens with zero attached hydrogens (tertiary/aromatic N) is 1. The third-order valence-electron chi connectivity index (χ3n) is 4.85. The summed E-state index contributed by atoms with van der Waals surface area (Å²) in [5.74, 6) is -1.74. The van der Waals surface area contributed by atoms with Crippen molar-refractivity contribution in [2.75, 3.05) is 12.4 Å². The zero-order chi connectivity index (χ0) is 19.8. The Hall–Kier alpha value is -2.39. The first-order chi connectivity index (χ1) is 12.6. The molecule has 3 atom stereocenters. The van der Waals surface area contributed by atoms with Gasteiger partial charge in [-0.1, -0.05) is 0 Å². The van der Waals surface area contributed by atoms with Crippen LogP contribution in [0.3, 0.4) is 0 Å². The first kappa shape index (κ1) is 19.4. The fourth-order valence-corrected chi connectivity index (χ4v) is 3.55. The summed E-state index contributed by atoms with van der Waals surface area (Å²) in [5.41, 5.74) is 4.29. The van der Waals surface area contributed by atoms with Crippen LogP contribution >= 0.6 is 0 Å². The quantitative estimate of drug-likeness (QED) is 0.702. The van der Waals surface area contributed by atoms with Gasteiger partial charge in [-0.3, -0.25) is 5.32 Å². The van der Waals surface area contributed by atoms with Gasteiger partial charge in [0.1, 0.15) is 5.82 Å². The van der Waals surface area contributed by atoms with Crippen LogP contribution in [0.2, 0.25) is 0 Å². The van der Waals surface area contributed by atoms with Gasteiger partial charge in [-0.05, 0) is 43.7 Å². The Kier molecular flexibility index (Phi) is 5.00. The average molecular weight is 384 g/mol. The second-order valence-corrected chi connectivity index (χ2v) is 6.66. The third-order valence-corrected chi connectivity index (χ3v) is 4.85. The van der Waals surface area contributed by atoms with Crippen LogP contribution in [0, 0.1) is 11.7 Å². The lowest BCUT2D eigenvalue weighted by atomic mass is 9.80. The van der Waals surface area contributed by atoms with Crippen LogP contribution in [-0.2, 0) is 5.54 Å². The van der Waals surface area contributed by atoms with E-state index < -0.39 is 29.6 Å². The van der Waals surface area contributed by atoms with E-state index >= 15 is 0 Å². The predicted molar refractivity (Wildman–Crippen MR) is 93.1 cm³/mol. The van der Waals surface area contributed by atoms with Crippen LogP contribution in [0.1, 0.15) is 18.9 Å². The van der Waals surface area contributed by atoms with Gasteiger partial charge in [0.15, 0.2) is 11.6 Å². The number of benzene rings is 1. The van der Waals surface area contributed by atoms with E-state index in [0.717, 1.165) is 6.07 Å². The smallest absolute Gasteiger partial charge is 0.394 e. The molecule has 146 valence electrons. The Bertz CT molecular complexity index is 829. The molecule has 2 heterocycles. The number of ether oxygens (including phenoxy) is 1. The summed E-state index contributed by atoms with van der Waals surface area (Å²) in [6.07, 6.45) is -4.19. The molecule has 27 heavy (non-hydrogen) atoms. The highest BCUT2D eigenvalue weighted by atomic mass is 19.4. The van der Waals surface area contributed by atoms with E-state index in [0.29, 0.717) is 17.3 Å². The summed E-state index contributed by atoms with van der Waals surface area (Å²) in [4.78, 5) is 4.13. The van der Waals surface area contributed by atoms with Crippen molar-refractivity contribution in [3.05, 3.63) is 47.9 Å². The first-order valence-corrected chi connectivity index (χ1v) is 8.31. The van der Waals surface area contributed by atoms with Gasteiger partial charge >= 0.3 is 6.18 Å². The number of alkyl halides is 3. The molecule has 2 aromatic rings. The van der Waals surface area contributed by atoms with Gasteiger partial charge in [0, 0.05) is 17.4 Å². The Morgan fingerprint density at radius 3 is 2.74 bits per heavy atom. The van der Waals surface area contributed by atoms with Crippen LogP contribution in [0.15, 0.2) is 36.5 Å². The Labute approximate surface area is 153 Å². The molecule has 1 unspecified atom stereocenters. The fourth-order valence-electron chi connectivity index (χ4n) is 3.55. The normalized spacial score (nSPS) is 25.4. The molecule has 0 saturated carbocycles. The summed E-state index contributed by atoms with van der Waals surface area (Å²) in [7, 11) is 1.47. The summed E-state index contributed by atoms with van der Waals surface area (Å²) >= 11 is 0. The Morgan fingerprint density at radius 1 is 1.33 bits per heavy atom. The molecule has 5 nitrogen and oxygen atoms in total. The van der Waals surface area contributed by atoms with Gasteiger partial charge < -0.3 is 15.8 Å². The lowest BCUT2D eigenvalue weighted by molar-refractivity contribution is -0.188. The van der Waals surface area contributed by atoms with Crippen LogP contribution in [0.5, 0.6) is 5.75 Å². The molecular formula is C18H20F4N4O. The Balaban J connectivity index is 2.00. The van der Waals surface area contributed by atoms with Crippen LogP contribution in [0.4, 0.5) is 29.1 Å². The van der Waals surface area contributed by atoms with E-state index in [9.17, 15) is 17.6 Å². The van der Waals surface area contributed by atoms with Gasteiger partial charge in [0.05, 0.1) is 24.7 Å². The van der Waals surface area contributed by atoms with Crippen LogP contribution in [0.25, 0.3) is 0 Å². The molecular weight excluding hydrogens is 364 g/mol. The zero-order valence-corrected chi connectivity index (χ0v) is 14.8. The molecule has 0 radical (unpaired) electrons. The molecule has 0 spiro atoms. The van der Waals surface area contributed by atoms with E-state index in [2.05, 4.69) is 15.6 Å². The van der Waals surface area contributed by atoms with E-state index in [1.54, 1.807) is 12.1 Å². The van der Waals surface area contributed by atoms with Gasteiger partial charge in [-0.25, -0.2) is 9.37 Å². The fraction of sp³-hybridized carbons (Fsp3) is 0.389. The molecule has 1 aromatic carbocycles. The van der Waals surface area contributed by atoms with Crippen molar-refractivity contribution in [2.24, 2.45) is 11.7 Å². The first-order valence-electron chi connectivity index (χ1n) is 8.31. The second-order valence-electron chi connectivity index (χ2n) is 6.66. The van der Waals surface area contributed by atoms with E-state index in [4.69, 9.17) is 10.5 Å². The van der Waals surface area contributed by atoms with Crippen molar-refractivity contribution in [3.63, 3.8) is 0 Å². The maximum atomic E-state index is 14.5. The molecule has 3 rings (SSSR count). The minimum Gasteiger partial charge on any atom is -0.493 e. The number of rotatable bonds is 4. The predicted octanol–water partition coefficient (Wildman–Crippen LogP) is 3.64. The topological polar surface area (TPSA) is 72.2 Å². The largest absolute Gasteiger partial charge is 0.493 e. The lowest BCUT2D eigenvalue weighted by Gasteiger charge is -2.34. The molecule has 1 aromatic heterocycles. The number of nitrogens with one attached hydrogen (secondary N) is 2. The number of hydrogen-bond acceptors (Lipinski definition) is 5. The molecule has 0 amide bonds. The number of nitrogens with two attached hydrogens (primary N) is 1. The van der Waals surface area contributed by atoms with Crippen molar-refractivity contribution in [1.82, 2.24) is 10.3 Å². The summed E-state index contributed by atoms with van der Waals surface area (Å²) in [6.45, 7) is 1.32. The minimum atomic E-state index is -4.52. The van der Waals surface area contributed by atoms with Crippen molar-refractivity contribution in [2.45, 2.75) is 31.2 Å². The van der Waals surface area contributed by atoms with Crippen molar-refractivity contribution in [3.8, 4) is 5.75 Å². The van der Waals surface area contributed by atoms with Crippen LogP contribution in [-0.4, -0.2) is 24.4 Å². The second kappa shape index (κ2) is 6.97. The summed E-state index contributed by atoms with van der Waals surface area (Å²) in [5, 5.41) is 5.66. The molecule has 1 aliphatic heterocycles. The number of anilines is 2. The number of halogens is 4. The molecule has 0 bridgehead atoms. The minimum absolute atomic E-state index is 0.113. The number of hydrogen-bond donors (Lipinski definition) is 3. The maximum Gasteiger partial charge on any atom is 0.394 e. The highest BCUT2D eigenvalue weighted by Crippen LogP contribution is 2.47. The molecule has 0 aliphatic carbocycles. The molecule has 9 heteroatoms. The summed E-state index contributed by atoms with van der Waals surface area (Å²) < 4.78 is 60.3. The molecule has 1 fully saturated rings. The highest BCUT2D eigenvalue weighted by Gasteiger charge is 2.57. The van der Waals surface area contributed by atoms with Gasteiger partial charge in [-0.2, -0.15) is 13.2 Å². The third kappa shape index (κ3) is 3.70. The standard InChI is InChI=1S/C18H20F4N4O/c1-17(14(18(20,21)22)9-15(23)26-17)11-8-10(5-6-12(11)19)25-16-13(27-2)4-3-7-24-16/h3-8,14-15,26H,9,23H2,1-2H3,(H,24,25)/t14-,15?,17-/m1/s1. The molecule has 4 N–H and O–H groups in total. The van der Waals surface area contributed by atoms with E-state index in [1.165, 1.54) is 32.4 Å². The summed E-state index contributed by atoms with van der Waals surface area (Å²) in [6, 6.07) is 7.25. The van der Waals surface area contributed by atoms with Crippen molar-refractivity contribution < 1.29 is 22.3 Å². The SMILES string of the molecule is COc1cccnc1Nc1ccc(F)c([C@@]2(C)NC(N)C[C@H]2C(F)(F)F)c1. The molecule has 1 saturated heterocycles. The van der Waals surface area contributed by atoms with Crippen molar-refractivity contribution in [1.29, 1.82) is 0 Å². The molecule has 1 aliphatic rings. The van der Waals surface area contributed by atoms with E-state index in [-0.39, 0.29) is 12.0 Å². The van der Waals surface area contributed by atoms with E-state index in [1.807, 2.05) is 0 Å². The monoisotopic (exact) mass is 384 g/mol. The Morgan fingerprint density at radius 2 is 2.07 bits per heavy atom. The number of methoxy groups -OCH3 is 1. The zero-order valence-electron chi connectivity index (χ0n) is 14.8. The number of pyridine rings is 1. The number of aromatic nitrogens is 1. The van der Waals surface area contributed by atoms with Gasteiger partial charge in [0.25, 0.3) is 0 Å². The highest BCUT2D eigenvalue weighted by molar-refractivity contribution is 5.63. The lowest BCUT2D eigenvalue weighted by Crippen LogP contribution is -2.47.